The van der Waals surface area contributed by atoms with E-state index in [0.29, 0.717) is 11.3 Å². The number of nitrogens with zero attached hydrogens (tertiary/aromatic N) is 1. The maximum atomic E-state index is 9.16. The van der Waals surface area contributed by atoms with E-state index in [4.69, 9.17) is 10.2 Å². The first kappa shape index (κ1) is 9.38. The van der Waals surface area contributed by atoms with E-state index in [1.54, 1.807) is 6.92 Å². The topological polar surface area (TPSA) is 62.0 Å². The van der Waals surface area contributed by atoms with Crippen molar-refractivity contribution >= 4 is 5.71 Å². The van der Waals surface area contributed by atoms with Crippen molar-refractivity contribution in [3.05, 3.63) is 23.8 Å². The van der Waals surface area contributed by atoms with E-state index < -0.39 is 0 Å². The molecule has 1 rings (SSSR count). The van der Waals surface area contributed by atoms with Crippen LogP contribution in [0.2, 0.25) is 0 Å². The number of oxime groups is 1. The van der Waals surface area contributed by atoms with Crippen LogP contribution in [-0.2, 0) is 4.84 Å². The van der Waals surface area contributed by atoms with Gasteiger partial charge in [0.1, 0.15) is 18.6 Å². The van der Waals surface area contributed by atoms with Crippen molar-refractivity contribution in [3.8, 4) is 11.5 Å². The highest BCUT2D eigenvalue weighted by molar-refractivity contribution is 5.99. The molecule has 1 aromatic carbocycles. The number of aromatic hydroxyl groups is 2. The molecule has 2 N–H and O–H groups in total. The second-order valence-electron chi connectivity index (χ2n) is 2.60. The molecule has 0 aromatic heterocycles. The fourth-order valence-corrected chi connectivity index (χ4v) is 0.994. The maximum absolute atomic E-state index is 9.16. The van der Waals surface area contributed by atoms with E-state index >= 15 is 0 Å². The van der Waals surface area contributed by atoms with Crippen molar-refractivity contribution in [1.29, 1.82) is 0 Å². The molecule has 0 saturated carbocycles. The standard InChI is InChI=1S/C9H11NO3/c1-6(10-13-2)7-3-8(11)5-9(12)4-7/h3-5,11-12H,1-2H3/b10-6-. The van der Waals surface area contributed by atoms with Crippen molar-refractivity contribution in [2.75, 3.05) is 7.11 Å². The summed E-state index contributed by atoms with van der Waals surface area (Å²) >= 11 is 0. The molecule has 4 heteroatoms. The fourth-order valence-electron chi connectivity index (χ4n) is 0.994. The quantitative estimate of drug-likeness (QED) is 0.536. The summed E-state index contributed by atoms with van der Waals surface area (Å²) in [6.45, 7) is 1.72. The van der Waals surface area contributed by atoms with Gasteiger partial charge in [0.05, 0.1) is 5.71 Å². The van der Waals surface area contributed by atoms with Crippen molar-refractivity contribution < 1.29 is 15.1 Å². The van der Waals surface area contributed by atoms with Gasteiger partial charge in [0.15, 0.2) is 0 Å². The third-order valence-electron chi connectivity index (χ3n) is 1.55. The average molecular weight is 181 g/mol. The molecule has 70 valence electrons. The van der Waals surface area contributed by atoms with Crippen LogP contribution in [0.15, 0.2) is 23.4 Å². The highest BCUT2D eigenvalue weighted by atomic mass is 16.6. The second-order valence-corrected chi connectivity index (χ2v) is 2.60. The van der Waals surface area contributed by atoms with Gasteiger partial charge in [-0.3, -0.25) is 0 Å². The number of rotatable bonds is 2. The Kier molecular flexibility index (Phi) is 2.74. The molecular formula is C9H11NO3. The summed E-state index contributed by atoms with van der Waals surface area (Å²) in [6, 6.07) is 4.25. The Morgan fingerprint density at radius 2 is 1.77 bits per heavy atom. The Labute approximate surface area is 76.1 Å². The van der Waals surface area contributed by atoms with Crippen LogP contribution < -0.4 is 0 Å². The van der Waals surface area contributed by atoms with Gasteiger partial charge in [-0.15, -0.1) is 0 Å². The minimum atomic E-state index is 0.000605. The molecule has 0 radical (unpaired) electrons. The van der Waals surface area contributed by atoms with E-state index in [2.05, 4.69) is 9.99 Å². The summed E-state index contributed by atoms with van der Waals surface area (Å²) < 4.78 is 0. The smallest absolute Gasteiger partial charge is 0.119 e. The van der Waals surface area contributed by atoms with Gasteiger partial charge in [-0.05, 0) is 19.1 Å². The summed E-state index contributed by atoms with van der Waals surface area (Å²) in [4.78, 5) is 4.56. The summed E-state index contributed by atoms with van der Waals surface area (Å²) in [5, 5.41) is 22.0. The Morgan fingerprint density at radius 1 is 1.23 bits per heavy atom. The van der Waals surface area contributed by atoms with Crippen LogP contribution in [-0.4, -0.2) is 23.0 Å². The number of phenols is 2. The largest absolute Gasteiger partial charge is 0.508 e. The lowest BCUT2D eigenvalue weighted by Gasteiger charge is -2.01. The molecule has 0 amide bonds. The number of hydrogen-bond acceptors (Lipinski definition) is 4. The molecule has 0 bridgehead atoms. The van der Waals surface area contributed by atoms with Crippen LogP contribution in [0.1, 0.15) is 12.5 Å². The first-order chi connectivity index (χ1) is 6.13. The summed E-state index contributed by atoms with van der Waals surface area (Å²) in [5.74, 6) is 0.00121. The maximum Gasteiger partial charge on any atom is 0.119 e. The van der Waals surface area contributed by atoms with Crippen molar-refractivity contribution in [3.63, 3.8) is 0 Å². The Hall–Kier alpha value is -1.71. The van der Waals surface area contributed by atoms with Gasteiger partial charge in [0.2, 0.25) is 0 Å². The lowest BCUT2D eigenvalue weighted by molar-refractivity contribution is 0.213. The summed E-state index contributed by atoms with van der Waals surface area (Å²) in [7, 11) is 1.44. The highest BCUT2D eigenvalue weighted by Gasteiger charge is 2.02. The molecule has 0 saturated heterocycles. The normalized spacial score (nSPS) is 11.4. The Bertz CT molecular complexity index is 313. The predicted molar refractivity (Wildman–Crippen MR) is 49.0 cm³/mol. The van der Waals surface area contributed by atoms with E-state index in [0.717, 1.165) is 0 Å². The first-order valence-corrected chi connectivity index (χ1v) is 3.74. The minimum Gasteiger partial charge on any atom is -0.508 e. The van der Waals surface area contributed by atoms with Crippen molar-refractivity contribution in [2.24, 2.45) is 5.16 Å². The molecule has 0 aliphatic rings. The van der Waals surface area contributed by atoms with E-state index in [-0.39, 0.29) is 11.5 Å². The molecule has 0 heterocycles. The zero-order chi connectivity index (χ0) is 9.84. The third-order valence-corrected chi connectivity index (χ3v) is 1.55. The van der Waals surface area contributed by atoms with Crippen LogP contribution in [0.5, 0.6) is 11.5 Å². The molecule has 0 spiro atoms. The average Bonchev–Trinajstić information content (AvgIpc) is 2.03. The van der Waals surface area contributed by atoms with Gasteiger partial charge >= 0.3 is 0 Å². The molecule has 0 aliphatic heterocycles. The van der Waals surface area contributed by atoms with Crippen LogP contribution in [0.3, 0.4) is 0 Å². The van der Waals surface area contributed by atoms with Gasteiger partial charge < -0.3 is 15.1 Å². The van der Waals surface area contributed by atoms with Crippen LogP contribution in [0.25, 0.3) is 0 Å². The van der Waals surface area contributed by atoms with E-state index in [1.165, 1.54) is 25.3 Å². The molecule has 0 unspecified atom stereocenters. The van der Waals surface area contributed by atoms with E-state index in [9.17, 15) is 0 Å². The van der Waals surface area contributed by atoms with Crippen molar-refractivity contribution in [2.45, 2.75) is 6.92 Å². The Morgan fingerprint density at radius 3 is 2.23 bits per heavy atom. The number of hydrogen-bond donors (Lipinski definition) is 2. The summed E-state index contributed by atoms with van der Waals surface area (Å²) in [6.07, 6.45) is 0. The SMILES string of the molecule is CO/N=C(/C)c1cc(O)cc(O)c1. The third kappa shape index (κ3) is 2.37. The molecule has 0 aliphatic carbocycles. The number of benzene rings is 1. The van der Waals surface area contributed by atoms with Gasteiger partial charge in [-0.25, -0.2) is 0 Å². The molecule has 0 atom stereocenters. The molecular weight excluding hydrogens is 170 g/mol. The van der Waals surface area contributed by atoms with Crippen LogP contribution in [0.4, 0.5) is 0 Å². The molecule has 4 nitrogen and oxygen atoms in total. The lowest BCUT2D eigenvalue weighted by Crippen LogP contribution is -1.94. The van der Waals surface area contributed by atoms with Gasteiger partial charge in [0.25, 0.3) is 0 Å². The van der Waals surface area contributed by atoms with Gasteiger partial charge in [0, 0.05) is 11.6 Å². The zero-order valence-corrected chi connectivity index (χ0v) is 7.48. The first-order valence-electron chi connectivity index (χ1n) is 3.74. The predicted octanol–water partition coefficient (Wildman–Crippen LogP) is 1.47. The van der Waals surface area contributed by atoms with Crippen LogP contribution >= 0.6 is 0 Å². The number of phenolic OH excluding ortho intramolecular Hbond substituents is 2. The minimum absolute atomic E-state index is 0.000605. The van der Waals surface area contributed by atoms with Crippen molar-refractivity contribution in [1.82, 2.24) is 0 Å². The second kappa shape index (κ2) is 3.80. The monoisotopic (exact) mass is 181 g/mol. The Balaban J connectivity index is 3.08. The molecule has 0 fully saturated rings. The fraction of sp³-hybridized carbons (Fsp3) is 0.222. The van der Waals surface area contributed by atoms with E-state index in [1.807, 2.05) is 0 Å². The highest BCUT2D eigenvalue weighted by Crippen LogP contribution is 2.20. The van der Waals surface area contributed by atoms with Crippen LogP contribution in [0, 0.1) is 0 Å². The van der Waals surface area contributed by atoms with Gasteiger partial charge in [-0.2, -0.15) is 0 Å². The molecule has 1 aromatic rings. The summed E-state index contributed by atoms with van der Waals surface area (Å²) in [5.41, 5.74) is 1.22. The molecule has 13 heavy (non-hydrogen) atoms. The lowest BCUT2D eigenvalue weighted by atomic mass is 10.1. The van der Waals surface area contributed by atoms with Gasteiger partial charge in [-0.1, -0.05) is 5.16 Å². The zero-order valence-electron chi connectivity index (χ0n) is 7.48.